The fourth-order valence-electron chi connectivity index (χ4n) is 2.65. The van der Waals surface area contributed by atoms with Crippen molar-refractivity contribution in [3.63, 3.8) is 0 Å². The van der Waals surface area contributed by atoms with Gasteiger partial charge in [-0.1, -0.05) is 0 Å². The van der Waals surface area contributed by atoms with E-state index in [2.05, 4.69) is 10.6 Å². The van der Waals surface area contributed by atoms with Crippen LogP contribution in [0.25, 0.3) is 0 Å². The van der Waals surface area contributed by atoms with Crippen LogP contribution in [0.1, 0.15) is 45.1 Å². The minimum atomic E-state index is -0.511. The molecule has 0 saturated carbocycles. The Morgan fingerprint density at radius 2 is 2.14 bits per heavy atom. The van der Waals surface area contributed by atoms with Crippen LogP contribution in [0.2, 0.25) is 0 Å². The maximum absolute atomic E-state index is 12.0. The molecular formula is C17H26N2O3. The maximum atomic E-state index is 12.0. The third-order valence-electron chi connectivity index (χ3n) is 3.63. The molecule has 2 N–H and O–H groups in total. The van der Waals surface area contributed by atoms with Gasteiger partial charge in [0.15, 0.2) is 0 Å². The largest absolute Gasteiger partial charge is 0.497 e. The van der Waals surface area contributed by atoms with Crippen LogP contribution >= 0.6 is 0 Å². The molecule has 0 aliphatic carbocycles. The van der Waals surface area contributed by atoms with E-state index >= 15 is 0 Å². The molecule has 1 amide bonds. The number of hydrogen-bond acceptors (Lipinski definition) is 4. The van der Waals surface area contributed by atoms with Gasteiger partial charge in [-0.05, 0) is 69.8 Å². The lowest BCUT2D eigenvalue weighted by Gasteiger charge is -2.26. The summed E-state index contributed by atoms with van der Waals surface area (Å²) in [5.41, 5.74) is 1.38. The van der Waals surface area contributed by atoms with Crippen molar-refractivity contribution in [3.05, 3.63) is 23.8 Å². The number of rotatable bonds is 3. The van der Waals surface area contributed by atoms with Crippen LogP contribution in [-0.2, 0) is 4.74 Å². The van der Waals surface area contributed by atoms with E-state index in [9.17, 15) is 4.79 Å². The average molecular weight is 306 g/mol. The Labute approximate surface area is 132 Å². The van der Waals surface area contributed by atoms with Gasteiger partial charge in [0.2, 0.25) is 0 Å². The molecule has 1 aromatic carbocycles. The summed E-state index contributed by atoms with van der Waals surface area (Å²) in [6.45, 7) is 7.52. The van der Waals surface area contributed by atoms with Crippen LogP contribution in [0.5, 0.6) is 5.75 Å². The van der Waals surface area contributed by atoms with Crippen LogP contribution in [0.3, 0.4) is 0 Å². The predicted molar refractivity (Wildman–Crippen MR) is 87.7 cm³/mol. The van der Waals surface area contributed by atoms with Gasteiger partial charge < -0.3 is 14.8 Å². The highest BCUT2D eigenvalue weighted by Crippen LogP contribution is 2.33. The minimum Gasteiger partial charge on any atom is -0.497 e. The molecule has 0 bridgehead atoms. The second kappa shape index (κ2) is 7.01. The average Bonchev–Trinajstić information content (AvgIpc) is 2.46. The molecule has 1 saturated heterocycles. The molecule has 1 aliphatic heterocycles. The molecule has 5 heteroatoms. The Morgan fingerprint density at radius 1 is 1.36 bits per heavy atom. The van der Waals surface area contributed by atoms with Gasteiger partial charge in [0.25, 0.3) is 0 Å². The number of ether oxygens (including phenoxy) is 2. The quantitative estimate of drug-likeness (QED) is 0.897. The van der Waals surface area contributed by atoms with Gasteiger partial charge in [0, 0.05) is 12.2 Å². The number of piperidine rings is 1. The Kier molecular flexibility index (Phi) is 5.29. The smallest absolute Gasteiger partial charge is 0.412 e. The highest BCUT2D eigenvalue weighted by molar-refractivity contribution is 5.86. The molecule has 0 spiro atoms. The number of nitrogens with one attached hydrogen (secondary N) is 2. The summed E-state index contributed by atoms with van der Waals surface area (Å²) in [6.07, 6.45) is 1.80. The molecule has 2 rings (SSSR count). The molecule has 0 radical (unpaired) electrons. The summed E-state index contributed by atoms with van der Waals surface area (Å²) in [7, 11) is 1.65. The number of methoxy groups -OCH3 is 1. The lowest BCUT2D eigenvalue weighted by molar-refractivity contribution is 0.0635. The Morgan fingerprint density at radius 3 is 2.73 bits per heavy atom. The molecule has 22 heavy (non-hydrogen) atoms. The number of benzene rings is 1. The van der Waals surface area contributed by atoms with Crippen molar-refractivity contribution in [2.45, 2.75) is 45.1 Å². The van der Waals surface area contributed by atoms with E-state index in [1.165, 1.54) is 0 Å². The van der Waals surface area contributed by atoms with Crippen molar-refractivity contribution < 1.29 is 14.3 Å². The fourth-order valence-corrected chi connectivity index (χ4v) is 2.65. The second-order valence-electron chi connectivity index (χ2n) is 6.62. The van der Waals surface area contributed by atoms with Gasteiger partial charge in [0.05, 0.1) is 7.11 Å². The first-order valence-electron chi connectivity index (χ1n) is 7.78. The SMILES string of the molecule is COc1ccc(NC(=O)OC(C)(C)C)c(C2CCCNC2)c1. The van der Waals surface area contributed by atoms with E-state index in [1.54, 1.807) is 7.11 Å². The van der Waals surface area contributed by atoms with E-state index in [-0.39, 0.29) is 0 Å². The van der Waals surface area contributed by atoms with Crippen molar-refractivity contribution in [3.8, 4) is 5.75 Å². The van der Waals surface area contributed by atoms with Gasteiger partial charge in [-0.2, -0.15) is 0 Å². The predicted octanol–water partition coefficient (Wildman–Crippen LogP) is 3.51. The molecule has 1 atom stereocenters. The zero-order valence-electron chi connectivity index (χ0n) is 13.9. The summed E-state index contributed by atoms with van der Waals surface area (Å²) < 4.78 is 10.7. The van der Waals surface area contributed by atoms with Crippen LogP contribution in [0.4, 0.5) is 10.5 Å². The summed E-state index contributed by atoms with van der Waals surface area (Å²) in [5, 5.41) is 6.28. The van der Waals surface area contributed by atoms with Crippen LogP contribution in [0.15, 0.2) is 18.2 Å². The normalized spacial score (nSPS) is 18.6. The van der Waals surface area contributed by atoms with Gasteiger partial charge >= 0.3 is 6.09 Å². The number of carbonyl (C=O) groups is 1. The zero-order valence-corrected chi connectivity index (χ0v) is 13.9. The second-order valence-corrected chi connectivity index (χ2v) is 6.62. The zero-order chi connectivity index (χ0) is 16.2. The van der Waals surface area contributed by atoms with Crippen LogP contribution in [0, 0.1) is 0 Å². The molecule has 1 unspecified atom stereocenters. The topological polar surface area (TPSA) is 59.6 Å². The lowest BCUT2D eigenvalue weighted by atomic mass is 9.90. The van der Waals surface area contributed by atoms with E-state index in [4.69, 9.17) is 9.47 Å². The van der Waals surface area contributed by atoms with E-state index in [0.717, 1.165) is 42.9 Å². The standard InChI is InChI=1S/C17H26N2O3/c1-17(2,3)22-16(20)19-15-8-7-13(21-4)10-14(15)12-6-5-9-18-11-12/h7-8,10,12,18H,5-6,9,11H2,1-4H3,(H,19,20). The maximum Gasteiger partial charge on any atom is 0.412 e. The number of anilines is 1. The van der Waals surface area contributed by atoms with Crippen molar-refractivity contribution in [2.24, 2.45) is 0 Å². The van der Waals surface area contributed by atoms with Gasteiger partial charge in [-0.25, -0.2) is 4.79 Å². The van der Waals surface area contributed by atoms with Crippen molar-refractivity contribution in [1.29, 1.82) is 0 Å². The number of carbonyl (C=O) groups excluding carboxylic acids is 1. The van der Waals surface area contributed by atoms with Crippen LogP contribution in [-0.4, -0.2) is 31.9 Å². The van der Waals surface area contributed by atoms with Crippen molar-refractivity contribution >= 4 is 11.8 Å². The third kappa shape index (κ3) is 4.63. The molecule has 5 nitrogen and oxygen atoms in total. The molecule has 1 aromatic rings. The Balaban J connectivity index is 2.20. The summed E-state index contributed by atoms with van der Waals surface area (Å²) in [4.78, 5) is 12.0. The highest BCUT2D eigenvalue weighted by Gasteiger charge is 2.22. The number of amides is 1. The monoisotopic (exact) mass is 306 g/mol. The number of hydrogen-bond donors (Lipinski definition) is 2. The molecule has 1 fully saturated rings. The van der Waals surface area contributed by atoms with Crippen LogP contribution < -0.4 is 15.4 Å². The van der Waals surface area contributed by atoms with Gasteiger partial charge in [0.1, 0.15) is 11.4 Å². The van der Waals surface area contributed by atoms with Gasteiger partial charge in [-0.3, -0.25) is 5.32 Å². The van der Waals surface area contributed by atoms with Gasteiger partial charge in [-0.15, -0.1) is 0 Å². The van der Waals surface area contributed by atoms with E-state index in [1.807, 2.05) is 39.0 Å². The molecular weight excluding hydrogens is 280 g/mol. The van der Waals surface area contributed by atoms with Crippen molar-refractivity contribution in [1.82, 2.24) is 5.32 Å². The molecule has 1 heterocycles. The van der Waals surface area contributed by atoms with E-state index < -0.39 is 11.7 Å². The Bertz CT molecular complexity index is 517. The fraction of sp³-hybridized carbons (Fsp3) is 0.588. The molecule has 0 aromatic heterocycles. The first-order valence-corrected chi connectivity index (χ1v) is 7.78. The minimum absolute atomic E-state index is 0.369. The molecule has 1 aliphatic rings. The first kappa shape index (κ1) is 16.6. The first-order chi connectivity index (χ1) is 10.4. The summed E-state index contributed by atoms with van der Waals surface area (Å²) in [5.74, 6) is 1.17. The summed E-state index contributed by atoms with van der Waals surface area (Å²) >= 11 is 0. The lowest BCUT2D eigenvalue weighted by Crippen LogP contribution is -2.30. The van der Waals surface area contributed by atoms with Crippen molar-refractivity contribution in [2.75, 3.05) is 25.5 Å². The molecule has 122 valence electrons. The highest BCUT2D eigenvalue weighted by atomic mass is 16.6. The summed E-state index contributed by atoms with van der Waals surface area (Å²) in [6, 6.07) is 5.74. The van der Waals surface area contributed by atoms with E-state index in [0.29, 0.717) is 5.92 Å². The Hall–Kier alpha value is -1.75. The third-order valence-corrected chi connectivity index (χ3v) is 3.63.